The number of hydrogen-bond acceptors (Lipinski definition) is 6. The Morgan fingerprint density at radius 1 is 1.00 bits per heavy atom. The standard InChI is InChI=1S/C29H30ClN2O6P/c1-20(2)19-32-25-17-16-21(30)18-24(25)29(26(32)33,31-27(34)36-28(3,4)5)39(35,37-22-12-8-6-9-13-22)38-23-14-10-7-11-15-23/h6-18H,1,19H2,2-5H3,(H,31,34)/t29-/m1/s1. The van der Waals surface area contributed by atoms with E-state index in [1.807, 2.05) is 0 Å². The number of benzene rings is 3. The van der Waals surface area contributed by atoms with E-state index in [1.54, 1.807) is 100 Å². The first kappa shape index (κ1) is 28.3. The molecule has 3 aromatic rings. The molecular formula is C29H30ClN2O6P. The molecule has 0 saturated heterocycles. The highest BCUT2D eigenvalue weighted by atomic mass is 35.5. The Labute approximate surface area is 233 Å². The molecule has 4 rings (SSSR count). The van der Waals surface area contributed by atoms with Gasteiger partial charge >= 0.3 is 13.7 Å². The summed E-state index contributed by atoms with van der Waals surface area (Å²) in [6, 6.07) is 21.3. The van der Waals surface area contributed by atoms with Gasteiger partial charge in [0.2, 0.25) is 0 Å². The van der Waals surface area contributed by atoms with Gasteiger partial charge in [-0.15, -0.1) is 0 Å². The van der Waals surface area contributed by atoms with Crippen molar-refractivity contribution in [2.45, 2.75) is 38.6 Å². The number of halogens is 1. The third kappa shape index (κ3) is 5.82. The van der Waals surface area contributed by atoms with Crippen molar-refractivity contribution in [3.63, 3.8) is 0 Å². The van der Waals surface area contributed by atoms with E-state index >= 15 is 4.57 Å². The maximum Gasteiger partial charge on any atom is 0.470 e. The molecule has 1 heterocycles. The Balaban J connectivity index is 2.01. The number of fused-ring (bicyclic) bond motifs is 1. The number of hydrogen-bond donors (Lipinski definition) is 1. The van der Waals surface area contributed by atoms with Crippen molar-refractivity contribution in [2.24, 2.45) is 0 Å². The lowest BCUT2D eigenvalue weighted by Gasteiger charge is -2.36. The number of carbonyl (C=O) groups is 2. The molecule has 1 aliphatic rings. The third-order valence-corrected chi connectivity index (χ3v) is 8.16. The SMILES string of the molecule is C=C(C)CN1C(=O)[C@](NC(=O)OC(C)(C)C)(P(=O)(Oc2ccccc2)Oc2ccccc2)c2cc(Cl)ccc21. The van der Waals surface area contributed by atoms with Crippen molar-refractivity contribution in [2.75, 3.05) is 11.4 Å². The summed E-state index contributed by atoms with van der Waals surface area (Å²) in [5, 5.41) is 0.498. The number of nitrogens with one attached hydrogen (secondary N) is 1. The molecule has 204 valence electrons. The third-order valence-electron chi connectivity index (χ3n) is 5.65. The smallest absolute Gasteiger partial charge is 0.444 e. The fraction of sp³-hybridized carbons (Fsp3) is 0.241. The second kappa shape index (κ2) is 10.8. The van der Waals surface area contributed by atoms with Gasteiger partial charge in [0.25, 0.3) is 11.2 Å². The first-order valence-corrected chi connectivity index (χ1v) is 14.1. The van der Waals surface area contributed by atoms with E-state index < -0.39 is 30.5 Å². The molecule has 0 aromatic heterocycles. The average Bonchev–Trinajstić information content (AvgIpc) is 3.07. The number of carbonyl (C=O) groups excluding carboxylic acids is 2. The van der Waals surface area contributed by atoms with Gasteiger partial charge in [0.15, 0.2) is 0 Å². The highest BCUT2D eigenvalue weighted by molar-refractivity contribution is 7.57. The second-order valence-electron chi connectivity index (χ2n) is 10.2. The predicted molar refractivity (Wildman–Crippen MR) is 151 cm³/mol. The molecule has 0 unspecified atom stereocenters. The van der Waals surface area contributed by atoms with Gasteiger partial charge in [-0.25, -0.2) is 9.36 Å². The Hall–Kier alpha value is -3.74. The minimum atomic E-state index is -4.74. The van der Waals surface area contributed by atoms with Gasteiger partial charge in [0.1, 0.15) is 17.1 Å². The van der Waals surface area contributed by atoms with E-state index in [-0.39, 0.29) is 28.6 Å². The van der Waals surface area contributed by atoms with Crippen LogP contribution in [0.3, 0.4) is 0 Å². The van der Waals surface area contributed by atoms with Crippen LogP contribution in [0.15, 0.2) is 91.0 Å². The van der Waals surface area contributed by atoms with E-state index in [1.165, 1.54) is 11.0 Å². The first-order valence-electron chi connectivity index (χ1n) is 12.2. The summed E-state index contributed by atoms with van der Waals surface area (Å²) in [7, 11) is -4.74. The largest absolute Gasteiger partial charge is 0.470 e. The van der Waals surface area contributed by atoms with E-state index in [9.17, 15) is 9.59 Å². The number of ether oxygens (including phenoxy) is 1. The van der Waals surface area contributed by atoms with Crippen molar-refractivity contribution in [1.29, 1.82) is 0 Å². The molecule has 0 fully saturated rings. The van der Waals surface area contributed by atoms with Crippen LogP contribution in [-0.2, 0) is 19.4 Å². The van der Waals surface area contributed by atoms with Gasteiger partial charge in [-0.05, 0) is 70.2 Å². The summed E-state index contributed by atoms with van der Waals surface area (Å²) >= 11 is 6.40. The first-order chi connectivity index (χ1) is 18.3. The molecule has 10 heteroatoms. The van der Waals surface area contributed by atoms with Crippen molar-refractivity contribution in [1.82, 2.24) is 5.32 Å². The zero-order valence-corrected chi connectivity index (χ0v) is 23.8. The van der Waals surface area contributed by atoms with Crippen LogP contribution in [-0.4, -0.2) is 24.1 Å². The van der Waals surface area contributed by atoms with Crippen molar-refractivity contribution >= 4 is 36.9 Å². The van der Waals surface area contributed by atoms with Gasteiger partial charge in [-0.3, -0.25) is 10.1 Å². The molecule has 0 spiro atoms. The summed E-state index contributed by atoms with van der Waals surface area (Å²) in [6.07, 6.45) is -0.993. The van der Waals surface area contributed by atoms with E-state index in [0.717, 1.165) is 0 Å². The maximum absolute atomic E-state index is 15.3. The maximum atomic E-state index is 15.3. The van der Waals surface area contributed by atoms with Crippen LogP contribution in [0.5, 0.6) is 11.5 Å². The van der Waals surface area contributed by atoms with E-state index in [4.69, 9.17) is 25.4 Å². The summed E-state index contributed by atoms with van der Waals surface area (Å²) in [5.41, 5.74) is 0.242. The normalized spacial score (nSPS) is 16.8. The molecule has 0 radical (unpaired) electrons. The monoisotopic (exact) mass is 568 g/mol. The summed E-state index contributed by atoms with van der Waals surface area (Å²) < 4.78 is 33.0. The number of rotatable bonds is 8. The minimum Gasteiger partial charge on any atom is -0.444 e. The van der Waals surface area contributed by atoms with Gasteiger partial charge < -0.3 is 18.7 Å². The van der Waals surface area contributed by atoms with Crippen molar-refractivity contribution in [3.8, 4) is 11.5 Å². The number of alkyl carbamates (subject to hydrolysis) is 1. The van der Waals surface area contributed by atoms with Gasteiger partial charge in [-0.1, -0.05) is 60.2 Å². The molecule has 0 aliphatic carbocycles. The van der Waals surface area contributed by atoms with Gasteiger partial charge in [-0.2, -0.15) is 0 Å². The van der Waals surface area contributed by atoms with Crippen LogP contribution in [0, 0.1) is 0 Å². The van der Waals surface area contributed by atoms with Crippen LogP contribution >= 0.6 is 19.2 Å². The zero-order valence-electron chi connectivity index (χ0n) is 22.1. The summed E-state index contributed by atoms with van der Waals surface area (Å²) in [6.45, 7) is 10.8. The summed E-state index contributed by atoms with van der Waals surface area (Å²) in [4.78, 5) is 29.2. The van der Waals surface area contributed by atoms with Crippen molar-refractivity contribution in [3.05, 3.63) is 102 Å². The molecule has 0 bridgehead atoms. The minimum absolute atomic E-state index is 0.0852. The summed E-state index contributed by atoms with van der Waals surface area (Å²) in [5.74, 6) is -0.419. The molecule has 1 atom stereocenters. The molecule has 1 N–H and O–H groups in total. The Kier molecular flexibility index (Phi) is 7.82. The van der Waals surface area contributed by atoms with Crippen LogP contribution in [0.2, 0.25) is 5.02 Å². The lowest BCUT2D eigenvalue weighted by molar-refractivity contribution is -0.121. The quantitative estimate of drug-likeness (QED) is 0.226. The van der Waals surface area contributed by atoms with Crippen LogP contribution < -0.4 is 19.3 Å². The number of amides is 2. The van der Waals surface area contributed by atoms with Crippen LogP contribution in [0.25, 0.3) is 0 Å². The Bertz CT molecular complexity index is 1400. The Morgan fingerprint density at radius 2 is 1.54 bits per heavy atom. The van der Waals surface area contributed by atoms with E-state index in [2.05, 4.69) is 11.9 Å². The van der Waals surface area contributed by atoms with Gasteiger partial charge in [0.05, 0.1) is 5.69 Å². The highest BCUT2D eigenvalue weighted by Gasteiger charge is 2.68. The van der Waals surface area contributed by atoms with Crippen LogP contribution in [0.4, 0.5) is 10.5 Å². The molecule has 39 heavy (non-hydrogen) atoms. The number of anilines is 1. The van der Waals surface area contributed by atoms with Crippen molar-refractivity contribution < 1.29 is 27.9 Å². The van der Waals surface area contributed by atoms with Gasteiger partial charge in [0, 0.05) is 17.1 Å². The molecule has 8 nitrogen and oxygen atoms in total. The lowest BCUT2D eigenvalue weighted by Crippen LogP contribution is -2.55. The molecule has 1 aliphatic heterocycles. The fourth-order valence-electron chi connectivity index (χ4n) is 4.18. The molecular weight excluding hydrogens is 539 g/mol. The second-order valence-corrected chi connectivity index (χ2v) is 12.6. The fourth-order valence-corrected chi connectivity index (χ4v) is 6.52. The lowest BCUT2D eigenvalue weighted by atomic mass is 10.1. The van der Waals surface area contributed by atoms with E-state index in [0.29, 0.717) is 11.3 Å². The average molecular weight is 569 g/mol. The highest BCUT2D eigenvalue weighted by Crippen LogP contribution is 2.67. The van der Waals surface area contributed by atoms with Crippen LogP contribution in [0.1, 0.15) is 33.3 Å². The molecule has 3 aromatic carbocycles. The molecule has 0 saturated carbocycles. The topological polar surface area (TPSA) is 94.2 Å². The number of nitrogens with zero attached hydrogens (tertiary/aromatic N) is 1. The number of para-hydroxylation sites is 2. The zero-order chi connectivity index (χ0) is 28.4. The Morgan fingerprint density at radius 3 is 2.03 bits per heavy atom. The molecule has 2 amide bonds. The predicted octanol–water partition coefficient (Wildman–Crippen LogP) is 7.29.